The number of aryl methyl sites for hydroxylation is 2. The van der Waals surface area contributed by atoms with E-state index in [1.807, 2.05) is 121 Å². The van der Waals surface area contributed by atoms with E-state index in [1.54, 1.807) is 0 Å². The number of benzene rings is 9. The van der Waals surface area contributed by atoms with Gasteiger partial charge >= 0.3 is 0 Å². The van der Waals surface area contributed by atoms with Crippen molar-refractivity contribution in [2.75, 3.05) is 0 Å². The summed E-state index contributed by atoms with van der Waals surface area (Å²) < 4.78 is 2.36. The molecule has 12 aromatic rings. The normalized spacial score (nSPS) is 11.3. The highest BCUT2D eigenvalue weighted by Gasteiger charge is 2.23. The standard InChI is InChI=1S/C62H43N7/c1-40-17-15-27-46(35-40)48-29-32-54-51(37-48)52-38-49(47-28-16-18-41(2)36-47)30-33-55(52)69(54)56-34-31-50(61-65-57(42-19-7-3-8-20-42)63-58(66-61)43-21-9-4-10-22-43)39-53(56)62-67-59(44-23-11-5-12-24-44)64-60(68-62)45-25-13-6-14-26-45/h3-39H,1-2H3. The van der Waals surface area contributed by atoms with Gasteiger partial charge in [0.2, 0.25) is 0 Å². The Morgan fingerprint density at radius 1 is 0.261 bits per heavy atom. The minimum atomic E-state index is 0.517. The summed E-state index contributed by atoms with van der Waals surface area (Å²) in [4.78, 5) is 31.1. The molecule has 0 aliphatic heterocycles. The van der Waals surface area contributed by atoms with Gasteiger partial charge in [0.1, 0.15) is 0 Å². The van der Waals surface area contributed by atoms with E-state index in [2.05, 4.69) is 122 Å². The van der Waals surface area contributed by atoms with Gasteiger partial charge < -0.3 is 4.57 Å². The van der Waals surface area contributed by atoms with E-state index < -0.39 is 0 Å². The van der Waals surface area contributed by atoms with Crippen molar-refractivity contribution in [2.45, 2.75) is 13.8 Å². The fraction of sp³-hybridized carbons (Fsp3) is 0.0323. The number of nitrogens with zero attached hydrogens (tertiary/aromatic N) is 7. The molecule has 69 heavy (non-hydrogen) atoms. The summed E-state index contributed by atoms with van der Waals surface area (Å²) in [5.41, 5.74) is 15.2. The molecule has 3 aromatic heterocycles. The van der Waals surface area contributed by atoms with Crippen LogP contribution in [0, 0.1) is 13.8 Å². The minimum Gasteiger partial charge on any atom is -0.308 e. The first-order valence-corrected chi connectivity index (χ1v) is 23.1. The van der Waals surface area contributed by atoms with Crippen molar-refractivity contribution in [3.63, 3.8) is 0 Å². The zero-order valence-corrected chi connectivity index (χ0v) is 38.0. The first-order valence-electron chi connectivity index (χ1n) is 23.1. The molecule has 0 aliphatic carbocycles. The lowest BCUT2D eigenvalue weighted by Gasteiger charge is -2.16. The number of rotatable bonds is 9. The minimum absolute atomic E-state index is 0.517. The smallest absolute Gasteiger partial charge is 0.166 e. The molecule has 0 aliphatic rings. The van der Waals surface area contributed by atoms with Crippen LogP contribution in [0.25, 0.3) is 118 Å². The van der Waals surface area contributed by atoms with Crippen LogP contribution in [0.15, 0.2) is 224 Å². The van der Waals surface area contributed by atoms with Crippen LogP contribution in [0.4, 0.5) is 0 Å². The molecule has 0 radical (unpaired) electrons. The van der Waals surface area contributed by atoms with Gasteiger partial charge in [-0.3, -0.25) is 0 Å². The van der Waals surface area contributed by atoms with Crippen LogP contribution in [-0.4, -0.2) is 34.5 Å². The number of aromatic nitrogens is 7. The predicted molar refractivity (Wildman–Crippen MR) is 281 cm³/mol. The average molecular weight is 886 g/mol. The highest BCUT2D eigenvalue weighted by atomic mass is 15.1. The summed E-state index contributed by atoms with van der Waals surface area (Å²) in [5.74, 6) is 3.35. The second kappa shape index (κ2) is 17.5. The van der Waals surface area contributed by atoms with E-state index in [9.17, 15) is 0 Å². The zero-order chi connectivity index (χ0) is 46.3. The van der Waals surface area contributed by atoms with Crippen LogP contribution in [-0.2, 0) is 0 Å². The lowest BCUT2D eigenvalue weighted by Crippen LogP contribution is -2.05. The third-order valence-corrected chi connectivity index (χ3v) is 12.6. The second-order valence-electron chi connectivity index (χ2n) is 17.3. The van der Waals surface area contributed by atoms with Crippen molar-refractivity contribution >= 4 is 21.8 Å². The summed E-state index contributed by atoms with van der Waals surface area (Å²) >= 11 is 0. The highest BCUT2D eigenvalue weighted by molar-refractivity contribution is 6.12. The largest absolute Gasteiger partial charge is 0.308 e. The molecule has 0 unspecified atom stereocenters. The Balaban J connectivity index is 1.15. The first kappa shape index (κ1) is 41.2. The van der Waals surface area contributed by atoms with Crippen molar-refractivity contribution in [1.29, 1.82) is 0 Å². The van der Waals surface area contributed by atoms with Gasteiger partial charge in [-0.15, -0.1) is 0 Å². The van der Waals surface area contributed by atoms with Crippen LogP contribution in [0.3, 0.4) is 0 Å². The van der Waals surface area contributed by atoms with Gasteiger partial charge in [-0.2, -0.15) is 0 Å². The maximum atomic E-state index is 5.33. The molecule has 3 heterocycles. The second-order valence-corrected chi connectivity index (χ2v) is 17.3. The number of hydrogen-bond acceptors (Lipinski definition) is 6. The van der Waals surface area contributed by atoms with Crippen LogP contribution in [0.2, 0.25) is 0 Å². The Morgan fingerprint density at radius 2 is 0.594 bits per heavy atom. The van der Waals surface area contributed by atoms with Crippen LogP contribution < -0.4 is 0 Å². The third-order valence-electron chi connectivity index (χ3n) is 12.6. The lowest BCUT2D eigenvalue weighted by atomic mass is 9.99. The SMILES string of the molecule is Cc1cccc(-c2ccc3c(c2)c2cc(-c4cccc(C)c4)ccc2n3-c2ccc(-c3nc(-c4ccccc4)nc(-c4ccccc4)n3)cc2-c2nc(-c3ccccc3)nc(-c3ccccc3)n2)c1. The van der Waals surface area contributed by atoms with Gasteiger partial charge in [-0.25, -0.2) is 29.9 Å². The summed E-state index contributed by atoms with van der Waals surface area (Å²) in [6, 6.07) is 77.8. The van der Waals surface area contributed by atoms with Crippen LogP contribution in [0.1, 0.15) is 11.1 Å². The Kier molecular flexibility index (Phi) is 10.5. The molecular formula is C62H43N7. The number of fused-ring (bicyclic) bond motifs is 3. The molecule has 7 nitrogen and oxygen atoms in total. The van der Waals surface area contributed by atoms with Gasteiger partial charge in [0.15, 0.2) is 34.9 Å². The summed E-state index contributed by atoms with van der Waals surface area (Å²) in [6.07, 6.45) is 0. The molecule has 0 amide bonds. The summed E-state index contributed by atoms with van der Waals surface area (Å²) in [5, 5.41) is 2.27. The maximum absolute atomic E-state index is 5.33. The van der Waals surface area contributed by atoms with E-state index in [1.165, 1.54) is 22.3 Å². The summed E-state index contributed by atoms with van der Waals surface area (Å²) in [6.45, 7) is 4.28. The fourth-order valence-electron chi connectivity index (χ4n) is 9.21. The molecule has 7 heteroatoms. The van der Waals surface area contributed by atoms with Crippen molar-refractivity contribution in [1.82, 2.24) is 34.5 Å². The molecule has 9 aromatic carbocycles. The Labute approximate surface area is 400 Å². The molecule has 0 saturated carbocycles. The average Bonchev–Trinajstić information content (AvgIpc) is 3.74. The Morgan fingerprint density at radius 3 is 0.986 bits per heavy atom. The Hall–Kier alpha value is -9.20. The first-order chi connectivity index (χ1) is 34.0. The van der Waals surface area contributed by atoms with E-state index >= 15 is 0 Å². The third kappa shape index (κ3) is 8.02. The van der Waals surface area contributed by atoms with Crippen LogP contribution >= 0.6 is 0 Å². The van der Waals surface area contributed by atoms with Gasteiger partial charge in [0, 0.05) is 44.2 Å². The topological polar surface area (TPSA) is 82.3 Å². The molecule has 0 N–H and O–H groups in total. The molecule has 0 bridgehead atoms. The van der Waals surface area contributed by atoms with Gasteiger partial charge in [-0.1, -0.05) is 193 Å². The molecular weight excluding hydrogens is 843 g/mol. The molecule has 0 fully saturated rings. The fourth-order valence-corrected chi connectivity index (χ4v) is 9.21. The van der Waals surface area contributed by atoms with Crippen molar-refractivity contribution in [3.05, 3.63) is 236 Å². The van der Waals surface area contributed by atoms with E-state index in [0.29, 0.717) is 34.9 Å². The van der Waals surface area contributed by atoms with Gasteiger partial charge in [-0.05, 0) is 78.6 Å². The Bertz CT molecular complexity index is 3630. The number of hydrogen-bond donors (Lipinski definition) is 0. The molecule has 326 valence electrons. The maximum Gasteiger partial charge on any atom is 0.166 e. The molecule has 12 rings (SSSR count). The lowest BCUT2D eigenvalue weighted by molar-refractivity contribution is 1.06. The van der Waals surface area contributed by atoms with E-state index in [0.717, 1.165) is 72.0 Å². The molecule has 0 atom stereocenters. The van der Waals surface area contributed by atoms with Gasteiger partial charge in [0.25, 0.3) is 0 Å². The predicted octanol–water partition coefficient (Wildman–Crippen LogP) is 15.1. The van der Waals surface area contributed by atoms with E-state index in [-0.39, 0.29) is 0 Å². The quantitative estimate of drug-likeness (QED) is 0.144. The highest BCUT2D eigenvalue weighted by Crippen LogP contribution is 2.41. The zero-order valence-electron chi connectivity index (χ0n) is 38.0. The summed E-state index contributed by atoms with van der Waals surface area (Å²) in [7, 11) is 0. The monoisotopic (exact) mass is 885 g/mol. The van der Waals surface area contributed by atoms with Crippen molar-refractivity contribution in [2.24, 2.45) is 0 Å². The molecule has 0 saturated heterocycles. The van der Waals surface area contributed by atoms with Crippen LogP contribution in [0.5, 0.6) is 0 Å². The van der Waals surface area contributed by atoms with Crippen molar-refractivity contribution in [3.8, 4) is 96.3 Å². The van der Waals surface area contributed by atoms with Gasteiger partial charge in [0.05, 0.1) is 16.7 Å². The van der Waals surface area contributed by atoms with E-state index in [4.69, 9.17) is 29.9 Å². The van der Waals surface area contributed by atoms with Crippen molar-refractivity contribution < 1.29 is 0 Å². The molecule has 0 spiro atoms.